The molecule has 0 aliphatic heterocycles. The molecule has 0 spiro atoms. The number of halogens is 1. The van der Waals surface area contributed by atoms with Crippen molar-refractivity contribution in [2.75, 3.05) is 14.2 Å². The number of likely N-dealkylation sites (N-methyl/N-ethyl adjacent to an activating group) is 1. The number of hydrogen-bond donors (Lipinski definition) is 1. The molecule has 2 unspecified atom stereocenters. The van der Waals surface area contributed by atoms with Crippen molar-refractivity contribution in [3.63, 3.8) is 0 Å². The molecule has 1 aromatic heterocycles. The third-order valence-electron chi connectivity index (χ3n) is 3.37. The number of rotatable bonds is 7. The lowest BCUT2D eigenvalue weighted by molar-refractivity contribution is 0.0627. The van der Waals surface area contributed by atoms with Crippen LogP contribution in [0.15, 0.2) is 0 Å². The minimum Gasteiger partial charge on any atom is -0.380 e. The molecule has 0 bridgehead atoms. The van der Waals surface area contributed by atoms with Gasteiger partial charge in [0.05, 0.1) is 22.5 Å². The molecule has 0 fully saturated rings. The topological polar surface area (TPSA) is 39.1 Å². The maximum Gasteiger partial charge on any atom is 0.0847 e. The summed E-state index contributed by atoms with van der Waals surface area (Å²) in [6, 6.07) is 0.252. The largest absolute Gasteiger partial charge is 0.380 e. The predicted octanol–water partition coefficient (Wildman–Crippen LogP) is 2.33. The summed E-state index contributed by atoms with van der Waals surface area (Å²) in [7, 11) is 5.66. The van der Waals surface area contributed by atoms with Crippen LogP contribution in [0.2, 0.25) is 5.02 Å². The van der Waals surface area contributed by atoms with Gasteiger partial charge in [-0.2, -0.15) is 5.10 Å². The minimum absolute atomic E-state index is 0.200. The molecule has 4 nitrogen and oxygen atoms in total. The molecular formula is C13H24ClN3O. The van der Waals surface area contributed by atoms with Gasteiger partial charge in [-0.15, -0.1) is 0 Å². The number of aryl methyl sites for hydroxylation is 2. The van der Waals surface area contributed by atoms with Crippen molar-refractivity contribution in [2.45, 2.75) is 45.3 Å². The van der Waals surface area contributed by atoms with Gasteiger partial charge in [0.15, 0.2) is 0 Å². The van der Waals surface area contributed by atoms with E-state index in [9.17, 15) is 0 Å². The Morgan fingerprint density at radius 2 is 2.17 bits per heavy atom. The standard InChI is InChI=1S/C13H24ClN3O/c1-6-7-12(18-5)10(15-3)8-11-13(14)9(2)16-17(11)4/h10,12,15H,6-8H2,1-5H3. The third-order valence-corrected chi connectivity index (χ3v) is 3.86. The van der Waals surface area contributed by atoms with Crippen LogP contribution in [0.25, 0.3) is 0 Å². The Bertz CT molecular complexity index is 379. The highest BCUT2D eigenvalue weighted by Crippen LogP contribution is 2.22. The summed E-state index contributed by atoms with van der Waals surface area (Å²) in [5.74, 6) is 0. The molecule has 1 heterocycles. The predicted molar refractivity (Wildman–Crippen MR) is 75.2 cm³/mol. The van der Waals surface area contributed by atoms with Crippen LogP contribution in [0.4, 0.5) is 0 Å². The van der Waals surface area contributed by atoms with E-state index in [2.05, 4.69) is 17.3 Å². The molecule has 18 heavy (non-hydrogen) atoms. The molecule has 0 radical (unpaired) electrons. The SMILES string of the molecule is CCCC(OC)C(Cc1c(Cl)c(C)nn1C)NC. The highest BCUT2D eigenvalue weighted by atomic mass is 35.5. The molecule has 0 saturated carbocycles. The van der Waals surface area contributed by atoms with E-state index in [1.54, 1.807) is 7.11 Å². The lowest BCUT2D eigenvalue weighted by Gasteiger charge is -2.25. The summed E-state index contributed by atoms with van der Waals surface area (Å²) in [5, 5.41) is 8.44. The summed E-state index contributed by atoms with van der Waals surface area (Å²) in [6.07, 6.45) is 3.17. The van der Waals surface area contributed by atoms with E-state index in [0.29, 0.717) is 0 Å². The number of nitrogens with one attached hydrogen (secondary N) is 1. The van der Waals surface area contributed by atoms with E-state index in [1.165, 1.54) is 0 Å². The van der Waals surface area contributed by atoms with Crippen LogP contribution in [0.3, 0.4) is 0 Å². The van der Waals surface area contributed by atoms with Gasteiger partial charge in [-0.1, -0.05) is 24.9 Å². The Morgan fingerprint density at radius 1 is 1.50 bits per heavy atom. The molecule has 1 N–H and O–H groups in total. The number of nitrogens with zero attached hydrogens (tertiary/aromatic N) is 2. The second-order valence-corrected chi connectivity index (χ2v) is 5.01. The van der Waals surface area contributed by atoms with Crippen LogP contribution in [0.1, 0.15) is 31.2 Å². The lowest BCUT2D eigenvalue weighted by Crippen LogP contribution is -2.41. The van der Waals surface area contributed by atoms with Crippen molar-refractivity contribution in [1.29, 1.82) is 0 Å². The Hall–Kier alpha value is -0.580. The van der Waals surface area contributed by atoms with Gasteiger partial charge in [-0.3, -0.25) is 4.68 Å². The molecule has 2 atom stereocenters. The molecule has 0 aliphatic rings. The van der Waals surface area contributed by atoms with E-state index in [-0.39, 0.29) is 12.1 Å². The average molecular weight is 274 g/mol. The fourth-order valence-corrected chi connectivity index (χ4v) is 2.53. The molecule has 0 amide bonds. The van der Waals surface area contributed by atoms with Crippen LogP contribution in [0.5, 0.6) is 0 Å². The Balaban J connectivity index is 2.84. The van der Waals surface area contributed by atoms with Crippen molar-refractivity contribution in [3.8, 4) is 0 Å². The second kappa shape index (κ2) is 7.12. The zero-order valence-electron chi connectivity index (χ0n) is 12.0. The quantitative estimate of drug-likeness (QED) is 0.829. The van der Waals surface area contributed by atoms with Gasteiger partial charge in [-0.05, 0) is 20.4 Å². The smallest absolute Gasteiger partial charge is 0.0847 e. The van der Waals surface area contributed by atoms with Crippen molar-refractivity contribution >= 4 is 11.6 Å². The summed E-state index contributed by atoms with van der Waals surface area (Å²) < 4.78 is 7.43. The highest BCUT2D eigenvalue weighted by Gasteiger charge is 2.22. The van der Waals surface area contributed by atoms with Gasteiger partial charge in [-0.25, -0.2) is 0 Å². The summed E-state index contributed by atoms with van der Waals surface area (Å²) >= 11 is 6.29. The van der Waals surface area contributed by atoms with Gasteiger partial charge >= 0.3 is 0 Å². The summed E-state index contributed by atoms with van der Waals surface area (Å²) in [4.78, 5) is 0. The van der Waals surface area contributed by atoms with Crippen molar-refractivity contribution in [1.82, 2.24) is 15.1 Å². The monoisotopic (exact) mass is 273 g/mol. The van der Waals surface area contributed by atoms with Crippen molar-refractivity contribution in [3.05, 3.63) is 16.4 Å². The lowest BCUT2D eigenvalue weighted by atomic mass is 10.0. The van der Waals surface area contributed by atoms with Crippen LogP contribution >= 0.6 is 11.6 Å². The van der Waals surface area contributed by atoms with Crippen LogP contribution in [-0.4, -0.2) is 36.1 Å². The first-order valence-electron chi connectivity index (χ1n) is 6.43. The maximum absolute atomic E-state index is 6.29. The number of ether oxygens (including phenoxy) is 1. The molecule has 1 aromatic rings. The first-order valence-corrected chi connectivity index (χ1v) is 6.80. The molecule has 1 rings (SSSR count). The van der Waals surface area contributed by atoms with Crippen LogP contribution < -0.4 is 5.32 Å². The maximum atomic E-state index is 6.29. The highest BCUT2D eigenvalue weighted by molar-refractivity contribution is 6.31. The Morgan fingerprint density at radius 3 is 2.56 bits per heavy atom. The molecule has 0 saturated heterocycles. The van der Waals surface area contributed by atoms with Crippen molar-refractivity contribution in [2.24, 2.45) is 7.05 Å². The zero-order valence-corrected chi connectivity index (χ0v) is 12.7. The van der Waals surface area contributed by atoms with E-state index in [1.807, 2.05) is 25.7 Å². The fourth-order valence-electron chi connectivity index (χ4n) is 2.30. The van der Waals surface area contributed by atoms with Gasteiger partial charge in [0, 0.05) is 26.6 Å². The molecular weight excluding hydrogens is 250 g/mol. The van der Waals surface area contributed by atoms with Crippen LogP contribution in [0, 0.1) is 6.92 Å². The number of methoxy groups -OCH3 is 1. The van der Waals surface area contributed by atoms with Gasteiger partial charge in [0.25, 0.3) is 0 Å². The molecule has 104 valence electrons. The van der Waals surface area contributed by atoms with Gasteiger partial charge in [0.1, 0.15) is 0 Å². The molecule has 5 heteroatoms. The second-order valence-electron chi connectivity index (χ2n) is 4.63. The van der Waals surface area contributed by atoms with Crippen LogP contribution in [-0.2, 0) is 18.2 Å². The van der Waals surface area contributed by atoms with Crippen molar-refractivity contribution < 1.29 is 4.74 Å². The Labute approximate surface area is 115 Å². The number of hydrogen-bond acceptors (Lipinski definition) is 3. The van der Waals surface area contributed by atoms with Gasteiger partial charge < -0.3 is 10.1 Å². The molecule has 0 aromatic carbocycles. The van der Waals surface area contributed by atoms with E-state index >= 15 is 0 Å². The average Bonchev–Trinajstić information content (AvgIpc) is 2.59. The van der Waals surface area contributed by atoms with E-state index < -0.39 is 0 Å². The summed E-state index contributed by atoms with van der Waals surface area (Å²) in [5.41, 5.74) is 1.94. The minimum atomic E-state index is 0.200. The molecule has 0 aliphatic carbocycles. The first-order chi connectivity index (χ1) is 8.54. The zero-order chi connectivity index (χ0) is 13.7. The van der Waals surface area contributed by atoms with E-state index in [0.717, 1.165) is 35.7 Å². The Kier molecular flexibility index (Phi) is 6.12. The number of aromatic nitrogens is 2. The third kappa shape index (κ3) is 3.46. The van der Waals surface area contributed by atoms with Gasteiger partial charge in [0.2, 0.25) is 0 Å². The first kappa shape index (κ1) is 15.5. The fraction of sp³-hybridized carbons (Fsp3) is 0.769. The van der Waals surface area contributed by atoms with E-state index in [4.69, 9.17) is 16.3 Å². The normalized spacial score (nSPS) is 14.8. The summed E-state index contributed by atoms with van der Waals surface area (Å²) in [6.45, 7) is 4.10.